The lowest BCUT2D eigenvalue weighted by atomic mass is 10.2. The standard InChI is InChI=1S/C12H18O3/c1-9(2)14-7-8-15-12-6-4-5-11(13)10(12)3/h4-6,9,13H,7-8H2,1-3H3. The average molecular weight is 210 g/mol. The van der Waals surface area contributed by atoms with E-state index in [2.05, 4.69) is 0 Å². The van der Waals surface area contributed by atoms with Crippen molar-refractivity contribution in [2.75, 3.05) is 13.2 Å². The molecule has 0 bridgehead atoms. The fraction of sp³-hybridized carbons (Fsp3) is 0.500. The maximum atomic E-state index is 9.43. The minimum atomic E-state index is 0.221. The highest BCUT2D eigenvalue weighted by molar-refractivity contribution is 5.42. The molecule has 0 heterocycles. The van der Waals surface area contributed by atoms with E-state index >= 15 is 0 Å². The van der Waals surface area contributed by atoms with Gasteiger partial charge in [0.15, 0.2) is 0 Å². The van der Waals surface area contributed by atoms with Crippen molar-refractivity contribution in [3.8, 4) is 11.5 Å². The Hall–Kier alpha value is -1.22. The van der Waals surface area contributed by atoms with E-state index < -0.39 is 0 Å². The Balaban J connectivity index is 2.41. The Kier molecular flexibility index (Phi) is 4.43. The lowest BCUT2D eigenvalue weighted by Crippen LogP contribution is -2.11. The third-order valence-corrected chi connectivity index (χ3v) is 2.05. The molecular formula is C12H18O3. The topological polar surface area (TPSA) is 38.7 Å². The van der Waals surface area contributed by atoms with Gasteiger partial charge in [-0.1, -0.05) is 6.07 Å². The fourth-order valence-corrected chi connectivity index (χ4v) is 1.19. The van der Waals surface area contributed by atoms with E-state index in [1.807, 2.05) is 26.8 Å². The third-order valence-electron chi connectivity index (χ3n) is 2.05. The van der Waals surface area contributed by atoms with E-state index in [0.29, 0.717) is 19.0 Å². The normalized spacial score (nSPS) is 10.7. The Bertz CT molecular complexity index is 308. The molecular weight excluding hydrogens is 192 g/mol. The highest BCUT2D eigenvalue weighted by Gasteiger charge is 2.03. The molecule has 0 fully saturated rings. The van der Waals surface area contributed by atoms with E-state index in [9.17, 15) is 5.11 Å². The zero-order chi connectivity index (χ0) is 11.3. The highest BCUT2D eigenvalue weighted by atomic mass is 16.5. The van der Waals surface area contributed by atoms with Gasteiger partial charge in [0, 0.05) is 5.56 Å². The van der Waals surface area contributed by atoms with Crippen molar-refractivity contribution in [3.63, 3.8) is 0 Å². The smallest absolute Gasteiger partial charge is 0.126 e. The minimum absolute atomic E-state index is 0.221. The molecule has 1 aromatic carbocycles. The van der Waals surface area contributed by atoms with Crippen molar-refractivity contribution < 1.29 is 14.6 Å². The molecule has 0 aromatic heterocycles. The first kappa shape index (κ1) is 11.9. The summed E-state index contributed by atoms with van der Waals surface area (Å²) < 4.78 is 10.8. The first-order valence-electron chi connectivity index (χ1n) is 5.14. The summed E-state index contributed by atoms with van der Waals surface area (Å²) in [7, 11) is 0. The average Bonchev–Trinajstić information content (AvgIpc) is 2.18. The number of ether oxygens (including phenoxy) is 2. The van der Waals surface area contributed by atoms with Crippen LogP contribution in [0.5, 0.6) is 11.5 Å². The molecule has 0 amide bonds. The molecule has 0 radical (unpaired) electrons. The quantitative estimate of drug-likeness (QED) is 0.759. The second-order valence-electron chi connectivity index (χ2n) is 3.67. The minimum Gasteiger partial charge on any atom is -0.508 e. The first-order chi connectivity index (χ1) is 7.11. The van der Waals surface area contributed by atoms with Gasteiger partial charge in [-0.15, -0.1) is 0 Å². The van der Waals surface area contributed by atoms with E-state index in [4.69, 9.17) is 9.47 Å². The van der Waals surface area contributed by atoms with Crippen molar-refractivity contribution in [2.24, 2.45) is 0 Å². The van der Waals surface area contributed by atoms with Crippen LogP contribution in [0.15, 0.2) is 18.2 Å². The van der Waals surface area contributed by atoms with E-state index in [1.165, 1.54) is 0 Å². The second-order valence-corrected chi connectivity index (χ2v) is 3.67. The number of phenolic OH excluding ortho intramolecular Hbond substituents is 1. The SMILES string of the molecule is Cc1c(O)cccc1OCCOC(C)C. The van der Waals surface area contributed by atoms with Gasteiger partial charge in [-0.3, -0.25) is 0 Å². The Labute approximate surface area is 90.6 Å². The molecule has 0 aliphatic rings. The van der Waals surface area contributed by atoms with Crippen molar-refractivity contribution in [1.29, 1.82) is 0 Å². The summed E-state index contributed by atoms with van der Waals surface area (Å²) in [4.78, 5) is 0. The maximum absolute atomic E-state index is 9.43. The molecule has 3 heteroatoms. The molecule has 0 aliphatic carbocycles. The van der Waals surface area contributed by atoms with Crippen molar-refractivity contribution in [1.82, 2.24) is 0 Å². The summed E-state index contributed by atoms with van der Waals surface area (Å²) in [5.41, 5.74) is 0.766. The monoisotopic (exact) mass is 210 g/mol. The van der Waals surface area contributed by atoms with Crippen LogP contribution in [0.2, 0.25) is 0 Å². The van der Waals surface area contributed by atoms with Crippen LogP contribution in [0, 0.1) is 6.92 Å². The summed E-state index contributed by atoms with van der Waals surface area (Å²) >= 11 is 0. The van der Waals surface area contributed by atoms with Crippen LogP contribution in [0.25, 0.3) is 0 Å². The van der Waals surface area contributed by atoms with Crippen LogP contribution in [0.1, 0.15) is 19.4 Å². The van der Waals surface area contributed by atoms with E-state index in [1.54, 1.807) is 12.1 Å². The molecule has 0 saturated carbocycles. The highest BCUT2D eigenvalue weighted by Crippen LogP contribution is 2.25. The molecule has 15 heavy (non-hydrogen) atoms. The molecule has 1 N–H and O–H groups in total. The van der Waals surface area contributed by atoms with Gasteiger partial charge in [0.25, 0.3) is 0 Å². The summed E-state index contributed by atoms with van der Waals surface area (Å²) in [6, 6.07) is 5.25. The largest absolute Gasteiger partial charge is 0.508 e. The Morgan fingerprint density at radius 3 is 2.67 bits per heavy atom. The van der Waals surface area contributed by atoms with Gasteiger partial charge in [-0.25, -0.2) is 0 Å². The molecule has 0 unspecified atom stereocenters. The Morgan fingerprint density at radius 1 is 1.27 bits per heavy atom. The van der Waals surface area contributed by atoms with Crippen LogP contribution in [0.4, 0.5) is 0 Å². The van der Waals surface area contributed by atoms with Gasteiger partial charge in [0.05, 0.1) is 12.7 Å². The first-order valence-corrected chi connectivity index (χ1v) is 5.14. The van der Waals surface area contributed by atoms with Gasteiger partial charge in [0.1, 0.15) is 18.1 Å². The number of hydrogen-bond donors (Lipinski definition) is 1. The molecule has 0 aliphatic heterocycles. The molecule has 0 saturated heterocycles. The van der Waals surface area contributed by atoms with Crippen LogP contribution >= 0.6 is 0 Å². The molecule has 1 rings (SSSR count). The third kappa shape index (κ3) is 3.80. The summed E-state index contributed by atoms with van der Waals surface area (Å²) in [5, 5.41) is 9.43. The number of hydrogen-bond acceptors (Lipinski definition) is 3. The lowest BCUT2D eigenvalue weighted by Gasteiger charge is -2.11. The predicted octanol–water partition coefficient (Wildman–Crippen LogP) is 2.50. The van der Waals surface area contributed by atoms with Crippen LogP contribution in [-0.4, -0.2) is 24.4 Å². The maximum Gasteiger partial charge on any atom is 0.126 e. The van der Waals surface area contributed by atoms with Gasteiger partial charge in [-0.2, -0.15) is 0 Å². The number of phenols is 1. The van der Waals surface area contributed by atoms with E-state index in [0.717, 1.165) is 5.56 Å². The molecule has 84 valence electrons. The van der Waals surface area contributed by atoms with Crippen LogP contribution < -0.4 is 4.74 Å². The summed E-state index contributed by atoms with van der Waals surface area (Å²) in [5.74, 6) is 0.972. The van der Waals surface area contributed by atoms with Crippen molar-refractivity contribution in [3.05, 3.63) is 23.8 Å². The summed E-state index contributed by atoms with van der Waals surface area (Å²) in [6.45, 7) is 6.86. The second kappa shape index (κ2) is 5.61. The van der Waals surface area contributed by atoms with Crippen LogP contribution in [0.3, 0.4) is 0 Å². The number of benzene rings is 1. The van der Waals surface area contributed by atoms with Gasteiger partial charge in [-0.05, 0) is 32.9 Å². The van der Waals surface area contributed by atoms with Gasteiger partial charge >= 0.3 is 0 Å². The Morgan fingerprint density at radius 2 is 2.00 bits per heavy atom. The van der Waals surface area contributed by atoms with Gasteiger partial charge < -0.3 is 14.6 Å². The molecule has 3 nitrogen and oxygen atoms in total. The van der Waals surface area contributed by atoms with Crippen LogP contribution in [-0.2, 0) is 4.74 Å². The predicted molar refractivity (Wildman–Crippen MR) is 59.4 cm³/mol. The number of rotatable bonds is 5. The molecule has 0 spiro atoms. The zero-order valence-electron chi connectivity index (χ0n) is 9.49. The van der Waals surface area contributed by atoms with Crippen molar-refractivity contribution in [2.45, 2.75) is 26.9 Å². The molecule has 1 aromatic rings. The fourth-order valence-electron chi connectivity index (χ4n) is 1.19. The van der Waals surface area contributed by atoms with Crippen molar-refractivity contribution >= 4 is 0 Å². The lowest BCUT2D eigenvalue weighted by molar-refractivity contribution is 0.0551. The zero-order valence-corrected chi connectivity index (χ0v) is 9.49. The number of aromatic hydroxyl groups is 1. The summed E-state index contributed by atoms with van der Waals surface area (Å²) in [6.07, 6.45) is 0.221. The molecule has 0 atom stereocenters. The van der Waals surface area contributed by atoms with E-state index in [-0.39, 0.29) is 11.9 Å². The van der Waals surface area contributed by atoms with Gasteiger partial charge in [0.2, 0.25) is 0 Å².